The fourth-order valence-corrected chi connectivity index (χ4v) is 2.83. The molecule has 0 saturated carbocycles. The van der Waals surface area contributed by atoms with Gasteiger partial charge in [-0.15, -0.1) is 0 Å². The molecule has 0 spiro atoms. The van der Waals surface area contributed by atoms with Crippen LogP contribution >= 0.6 is 0 Å². The van der Waals surface area contributed by atoms with Gasteiger partial charge >= 0.3 is 0 Å². The predicted molar refractivity (Wildman–Crippen MR) is 72.4 cm³/mol. The zero-order chi connectivity index (χ0) is 12.3. The van der Waals surface area contributed by atoms with Gasteiger partial charge in [0.2, 0.25) is 0 Å². The summed E-state index contributed by atoms with van der Waals surface area (Å²) in [4.78, 5) is 2.48. The van der Waals surface area contributed by atoms with Crippen LogP contribution in [0.1, 0.15) is 51.2 Å². The first-order chi connectivity index (χ1) is 8.27. The largest absolute Gasteiger partial charge is 0.388 e. The Kier molecular flexibility index (Phi) is 4.06. The van der Waals surface area contributed by atoms with Gasteiger partial charge in [-0.1, -0.05) is 32.0 Å². The van der Waals surface area contributed by atoms with E-state index in [1.54, 1.807) is 0 Å². The number of aliphatic hydroxyl groups is 1. The van der Waals surface area contributed by atoms with Crippen molar-refractivity contribution in [3.05, 3.63) is 29.8 Å². The molecular weight excluding hydrogens is 210 g/mol. The zero-order valence-electron chi connectivity index (χ0n) is 10.9. The van der Waals surface area contributed by atoms with Crippen molar-refractivity contribution < 1.29 is 5.11 Å². The Labute approximate surface area is 104 Å². The Morgan fingerprint density at radius 2 is 2.12 bits per heavy atom. The van der Waals surface area contributed by atoms with Crippen molar-refractivity contribution in [3.8, 4) is 0 Å². The maximum absolute atomic E-state index is 10.1. The number of rotatable bonds is 4. The highest BCUT2D eigenvalue weighted by molar-refractivity contribution is 5.56. The van der Waals surface area contributed by atoms with Crippen molar-refractivity contribution in [2.75, 3.05) is 11.4 Å². The van der Waals surface area contributed by atoms with Crippen molar-refractivity contribution in [2.45, 2.75) is 51.7 Å². The number of aliphatic hydroxyl groups excluding tert-OH is 1. The number of para-hydroxylation sites is 1. The number of benzene rings is 1. The molecule has 0 radical (unpaired) electrons. The quantitative estimate of drug-likeness (QED) is 0.860. The van der Waals surface area contributed by atoms with Crippen LogP contribution in [0.25, 0.3) is 0 Å². The van der Waals surface area contributed by atoms with E-state index in [2.05, 4.69) is 30.0 Å². The second kappa shape index (κ2) is 5.54. The highest BCUT2D eigenvalue weighted by Gasteiger charge is 2.25. The van der Waals surface area contributed by atoms with Gasteiger partial charge in [-0.25, -0.2) is 0 Å². The molecule has 2 rings (SSSR count). The molecule has 1 aromatic rings. The molecule has 1 aliphatic rings. The summed E-state index contributed by atoms with van der Waals surface area (Å²) in [6.07, 6.45) is 4.20. The minimum Gasteiger partial charge on any atom is -0.388 e. The molecule has 2 nitrogen and oxygen atoms in total. The summed E-state index contributed by atoms with van der Waals surface area (Å²) in [7, 11) is 0. The molecule has 1 fully saturated rings. The van der Waals surface area contributed by atoms with Crippen LogP contribution in [0, 0.1) is 0 Å². The summed E-state index contributed by atoms with van der Waals surface area (Å²) >= 11 is 0. The lowest BCUT2D eigenvalue weighted by molar-refractivity contribution is 0.174. The number of hydrogen-bond acceptors (Lipinski definition) is 2. The molecule has 1 aromatic carbocycles. The van der Waals surface area contributed by atoms with Gasteiger partial charge in [0.15, 0.2) is 0 Å². The smallest absolute Gasteiger partial charge is 0.0807 e. The molecule has 2 atom stereocenters. The van der Waals surface area contributed by atoms with Gasteiger partial charge in [0.05, 0.1) is 6.10 Å². The third-order valence-corrected chi connectivity index (χ3v) is 3.84. The van der Waals surface area contributed by atoms with Gasteiger partial charge in [0, 0.05) is 23.8 Å². The van der Waals surface area contributed by atoms with Crippen molar-refractivity contribution in [1.29, 1.82) is 0 Å². The number of hydrogen-bond donors (Lipinski definition) is 1. The topological polar surface area (TPSA) is 23.5 Å². The lowest BCUT2D eigenvalue weighted by Gasteiger charge is -2.29. The summed E-state index contributed by atoms with van der Waals surface area (Å²) in [5, 5.41) is 10.1. The molecule has 2 heteroatoms. The van der Waals surface area contributed by atoms with Gasteiger partial charge in [-0.3, -0.25) is 0 Å². The minimum absolute atomic E-state index is 0.329. The van der Waals surface area contributed by atoms with Crippen molar-refractivity contribution in [3.63, 3.8) is 0 Å². The van der Waals surface area contributed by atoms with Crippen LogP contribution < -0.4 is 4.90 Å². The summed E-state index contributed by atoms with van der Waals surface area (Å²) in [5.74, 6) is 0. The van der Waals surface area contributed by atoms with E-state index in [1.807, 2.05) is 13.0 Å². The summed E-state index contributed by atoms with van der Waals surface area (Å²) in [6.45, 7) is 5.41. The van der Waals surface area contributed by atoms with Gasteiger partial charge in [-0.2, -0.15) is 0 Å². The third-order valence-electron chi connectivity index (χ3n) is 3.84. The Morgan fingerprint density at radius 3 is 2.82 bits per heavy atom. The second-order valence-electron chi connectivity index (χ2n) is 4.88. The van der Waals surface area contributed by atoms with Crippen LogP contribution in [0.3, 0.4) is 0 Å². The molecule has 0 bridgehead atoms. The van der Waals surface area contributed by atoms with Gasteiger partial charge in [0.25, 0.3) is 0 Å². The van der Waals surface area contributed by atoms with E-state index < -0.39 is 0 Å². The minimum atomic E-state index is -0.329. The summed E-state index contributed by atoms with van der Waals surface area (Å²) < 4.78 is 0. The first-order valence-electron chi connectivity index (χ1n) is 6.81. The van der Waals surface area contributed by atoms with Crippen molar-refractivity contribution in [1.82, 2.24) is 0 Å². The van der Waals surface area contributed by atoms with Gasteiger partial charge in [0.1, 0.15) is 0 Å². The van der Waals surface area contributed by atoms with Crippen LogP contribution in [0.4, 0.5) is 5.69 Å². The number of nitrogens with zero attached hydrogens (tertiary/aromatic N) is 1. The average Bonchev–Trinajstić information content (AvgIpc) is 2.86. The van der Waals surface area contributed by atoms with Crippen molar-refractivity contribution in [2.24, 2.45) is 0 Å². The third kappa shape index (κ3) is 2.47. The SMILES string of the molecule is CCC1CCCN1c1ccccc1[C@H](O)CC. The first kappa shape index (κ1) is 12.4. The molecule has 17 heavy (non-hydrogen) atoms. The van der Waals surface area contributed by atoms with Crippen LogP contribution in [0.5, 0.6) is 0 Å². The maximum Gasteiger partial charge on any atom is 0.0807 e. The summed E-state index contributed by atoms with van der Waals surface area (Å²) in [6, 6.07) is 8.97. The van der Waals surface area contributed by atoms with E-state index >= 15 is 0 Å². The number of anilines is 1. The Morgan fingerprint density at radius 1 is 1.35 bits per heavy atom. The van der Waals surface area contributed by atoms with E-state index in [0.717, 1.165) is 18.5 Å². The van der Waals surface area contributed by atoms with E-state index in [4.69, 9.17) is 0 Å². The monoisotopic (exact) mass is 233 g/mol. The highest BCUT2D eigenvalue weighted by Crippen LogP contribution is 2.33. The molecule has 0 aromatic heterocycles. The Bertz CT molecular complexity index is 364. The van der Waals surface area contributed by atoms with Crippen LogP contribution in [-0.4, -0.2) is 17.7 Å². The lowest BCUT2D eigenvalue weighted by atomic mass is 10.0. The average molecular weight is 233 g/mol. The molecule has 94 valence electrons. The van der Waals surface area contributed by atoms with Gasteiger partial charge < -0.3 is 10.0 Å². The van der Waals surface area contributed by atoms with E-state index in [9.17, 15) is 5.11 Å². The second-order valence-corrected chi connectivity index (χ2v) is 4.88. The molecule has 0 aliphatic carbocycles. The first-order valence-corrected chi connectivity index (χ1v) is 6.81. The predicted octanol–water partition coefficient (Wildman–Crippen LogP) is 3.51. The highest BCUT2D eigenvalue weighted by atomic mass is 16.3. The van der Waals surface area contributed by atoms with E-state index in [-0.39, 0.29) is 6.10 Å². The fraction of sp³-hybridized carbons (Fsp3) is 0.600. The molecule has 1 saturated heterocycles. The Balaban J connectivity index is 2.31. The fourth-order valence-electron chi connectivity index (χ4n) is 2.83. The standard InChI is InChI=1S/C15H23NO/c1-3-12-8-7-11-16(12)14-10-6-5-9-13(14)15(17)4-2/h5-6,9-10,12,15,17H,3-4,7-8,11H2,1-2H3/t12?,15-/m1/s1. The summed E-state index contributed by atoms with van der Waals surface area (Å²) in [5.41, 5.74) is 2.33. The van der Waals surface area contributed by atoms with Crippen LogP contribution in [0.2, 0.25) is 0 Å². The molecule has 1 N–H and O–H groups in total. The molecule has 1 aliphatic heterocycles. The zero-order valence-corrected chi connectivity index (χ0v) is 10.9. The maximum atomic E-state index is 10.1. The van der Waals surface area contributed by atoms with Gasteiger partial charge in [-0.05, 0) is 31.7 Å². The van der Waals surface area contributed by atoms with Crippen LogP contribution in [0.15, 0.2) is 24.3 Å². The Hall–Kier alpha value is -1.02. The normalized spacial score (nSPS) is 21.8. The van der Waals surface area contributed by atoms with E-state index in [0.29, 0.717) is 6.04 Å². The van der Waals surface area contributed by atoms with Crippen molar-refractivity contribution >= 4 is 5.69 Å². The molecule has 1 heterocycles. The van der Waals surface area contributed by atoms with E-state index in [1.165, 1.54) is 24.9 Å². The molecule has 0 amide bonds. The molecule has 1 unspecified atom stereocenters. The molecular formula is C15H23NO. The van der Waals surface area contributed by atoms with Crippen LogP contribution in [-0.2, 0) is 0 Å². The lowest BCUT2D eigenvalue weighted by Crippen LogP contribution is -2.29.